The van der Waals surface area contributed by atoms with Crippen LogP contribution in [0.15, 0.2) is 0 Å². The predicted molar refractivity (Wildman–Crippen MR) is 80.6 cm³/mol. The SMILES string of the molecule is CCCCC(CCC)OC(=O)NCCCNC(=O)CC. The van der Waals surface area contributed by atoms with E-state index in [9.17, 15) is 9.59 Å². The minimum absolute atomic E-state index is 0.0275. The lowest BCUT2D eigenvalue weighted by Crippen LogP contribution is -2.32. The van der Waals surface area contributed by atoms with Crippen LogP contribution in [0.3, 0.4) is 0 Å². The van der Waals surface area contributed by atoms with Crippen LogP contribution in [0.1, 0.15) is 65.7 Å². The maximum atomic E-state index is 11.6. The molecule has 1 unspecified atom stereocenters. The summed E-state index contributed by atoms with van der Waals surface area (Å²) in [4.78, 5) is 22.6. The van der Waals surface area contributed by atoms with Crippen molar-refractivity contribution < 1.29 is 14.3 Å². The van der Waals surface area contributed by atoms with Gasteiger partial charge in [0.1, 0.15) is 6.10 Å². The molecule has 0 radical (unpaired) electrons. The van der Waals surface area contributed by atoms with Gasteiger partial charge in [0.2, 0.25) is 5.91 Å². The number of alkyl carbamates (subject to hydrolysis) is 1. The number of amides is 2. The molecule has 0 heterocycles. The van der Waals surface area contributed by atoms with E-state index in [1.54, 1.807) is 0 Å². The van der Waals surface area contributed by atoms with Crippen molar-refractivity contribution in [1.82, 2.24) is 10.6 Å². The molecular formula is C15H30N2O3. The number of rotatable bonds is 11. The molecule has 0 aromatic carbocycles. The molecule has 5 heteroatoms. The summed E-state index contributed by atoms with van der Waals surface area (Å²) < 4.78 is 5.40. The van der Waals surface area contributed by atoms with Crippen molar-refractivity contribution in [3.63, 3.8) is 0 Å². The minimum atomic E-state index is -0.346. The molecule has 0 fully saturated rings. The van der Waals surface area contributed by atoms with E-state index in [4.69, 9.17) is 4.74 Å². The molecule has 2 amide bonds. The molecule has 0 rings (SSSR count). The van der Waals surface area contributed by atoms with Gasteiger partial charge < -0.3 is 15.4 Å². The fraction of sp³-hybridized carbons (Fsp3) is 0.867. The molecule has 0 aliphatic rings. The molecule has 0 saturated carbocycles. The van der Waals surface area contributed by atoms with Gasteiger partial charge in [0, 0.05) is 19.5 Å². The molecular weight excluding hydrogens is 256 g/mol. The first kappa shape index (κ1) is 18.7. The molecule has 0 bridgehead atoms. The quantitative estimate of drug-likeness (QED) is 0.574. The van der Waals surface area contributed by atoms with Crippen LogP contribution < -0.4 is 10.6 Å². The molecule has 0 aromatic rings. The molecule has 118 valence electrons. The van der Waals surface area contributed by atoms with E-state index in [0.29, 0.717) is 25.9 Å². The first-order valence-electron chi connectivity index (χ1n) is 7.85. The highest BCUT2D eigenvalue weighted by molar-refractivity contribution is 5.75. The summed E-state index contributed by atoms with van der Waals surface area (Å²) in [5.74, 6) is 0.0372. The van der Waals surface area contributed by atoms with Gasteiger partial charge in [0.05, 0.1) is 0 Å². The van der Waals surface area contributed by atoms with Crippen molar-refractivity contribution in [1.29, 1.82) is 0 Å². The first-order chi connectivity index (χ1) is 9.63. The summed E-state index contributed by atoms with van der Waals surface area (Å²) >= 11 is 0. The Morgan fingerprint density at radius 3 is 2.25 bits per heavy atom. The number of carbonyl (C=O) groups excluding carboxylic acids is 2. The van der Waals surface area contributed by atoms with E-state index in [1.165, 1.54) is 0 Å². The van der Waals surface area contributed by atoms with Crippen molar-refractivity contribution in [3.8, 4) is 0 Å². The lowest BCUT2D eigenvalue weighted by atomic mass is 10.1. The highest BCUT2D eigenvalue weighted by Crippen LogP contribution is 2.11. The van der Waals surface area contributed by atoms with Gasteiger partial charge in [-0.1, -0.05) is 40.0 Å². The maximum absolute atomic E-state index is 11.6. The monoisotopic (exact) mass is 286 g/mol. The Balaban J connectivity index is 3.70. The molecule has 0 aromatic heterocycles. The smallest absolute Gasteiger partial charge is 0.407 e. The highest BCUT2D eigenvalue weighted by Gasteiger charge is 2.12. The largest absolute Gasteiger partial charge is 0.446 e. The van der Waals surface area contributed by atoms with Crippen LogP contribution in [0.25, 0.3) is 0 Å². The Kier molecular flexibility index (Phi) is 12.0. The Bertz CT molecular complexity index is 270. The van der Waals surface area contributed by atoms with Gasteiger partial charge in [-0.05, 0) is 19.3 Å². The summed E-state index contributed by atoms with van der Waals surface area (Å²) in [7, 11) is 0. The van der Waals surface area contributed by atoms with Crippen LogP contribution in [0.4, 0.5) is 4.79 Å². The minimum Gasteiger partial charge on any atom is -0.446 e. The van der Waals surface area contributed by atoms with Crippen LogP contribution >= 0.6 is 0 Å². The topological polar surface area (TPSA) is 67.4 Å². The van der Waals surface area contributed by atoms with E-state index in [0.717, 1.165) is 32.1 Å². The second-order valence-electron chi connectivity index (χ2n) is 4.94. The maximum Gasteiger partial charge on any atom is 0.407 e. The molecule has 1 atom stereocenters. The summed E-state index contributed by atoms with van der Waals surface area (Å²) in [5.41, 5.74) is 0. The number of hydrogen-bond acceptors (Lipinski definition) is 3. The molecule has 0 aliphatic heterocycles. The molecule has 20 heavy (non-hydrogen) atoms. The highest BCUT2D eigenvalue weighted by atomic mass is 16.6. The summed E-state index contributed by atoms with van der Waals surface area (Å²) in [6, 6.07) is 0. The van der Waals surface area contributed by atoms with Gasteiger partial charge >= 0.3 is 6.09 Å². The van der Waals surface area contributed by atoms with E-state index in [-0.39, 0.29) is 18.1 Å². The summed E-state index contributed by atoms with van der Waals surface area (Å²) in [6.45, 7) is 7.15. The molecule has 2 N–H and O–H groups in total. The zero-order valence-electron chi connectivity index (χ0n) is 13.2. The first-order valence-corrected chi connectivity index (χ1v) is 7.85. The van der Waals surface area contributed by atoms with Gasteiger partial charge in [0.15, 0.2) is 0 Å². The van der Waals surface area contributed by atoms with Crippen LogP contribution in [0.5, 0.6) is 0 Å². The van der Waals surface area contributed by atoms with Crippen molar-refractivity contribution in [2.24, 2.45) is 0 Å². The van der Waals surface area contributed by atoms with Crippen LogP contribution in [-0.4, -0.2) is 31.2 Å². The van der Waals surface area contributed by atoms with Crippen molar-refractivity contribution in [2.75, 3.05) is 13.1 Å². The zero-order valence-corrected chi connectivity index (χ0v) is 13.2. The van der Waals surface area contributed by atoms with Gasteiger partial charge in [-0.15, -0.1) is 0 Å². The van der Waals surface area contributed by atoms with Gasteiger partial charge in [-0.2, -0.15) is 0 Å². The average molecular weight is 286 g/mol. The predicted octanol–water partition coefficient (Wildman–Crippen LogP) is 2.99. The Labute approximate surface area is 122 Å². The third-order valence-corrected chi connectivity index (χ3v) is 3.03. The number of ether oxygens (including phenoxy) is 1. The van der Waals surface area contributed by atoms with Gasteiger partial charge in [0.25, 0.3) is 0 Å². The second-order valence-corrected chi connectivity index (χ2v) is 4.94. The third kappa shape index (κ3) is 10.6. The van der Waals surface area contributed by atoms with Gasteiger partial charge in [-0.3, -0.25) is 4.79 Å². The zero-order chi connectivity index (χ0) is 15.2. The number of hydrogen-bond donors (Lipinski definition) is 2. The molecule has 0 spiro atoms. The molecule has 5 nitrogen and oxygen atoms in total. The van der Waals surface area contributed by atoms with Crippen molar-refractivity contribution in [2.45, 2.75) is 71.8 Å². The lowest BCUT2D eigenvalue weighted by molar-refractivity contribution is -0.120. The number of carbonyl (C=O) groups is 2. The van der Waals surface area contributed by atoms with Crippen LogP contribution in [-0.2, 0) is 9.53 Å². The number of nitrogens with one attached hydrogen (secondary N) is 2. The van der Waals surface area contributed by atoms with Crippen molar-refractivity contribution >= 4 is 12.0 Å². The Hall–Kier alpha value is -1.26. The molecule has 0 saturated heterocycles. The van der Waals surface area contributed by atoms with Gasteiger partial charge in [-0.25, -0.2) is 4.79 Å². The van der Waals surface area contributed by atoms with Crippen molar-refractivity contribution in [3.05, 3.63) is 0 Å². The summed E-state index contributed by atoms with van der Waals surface area (Å²) in [6.07, 6.45) is 5.96. The second kappa shape index (κ2) is 12.8. The normalized spacial score (nSPS) is 11.8. The Morgan fingerprint density at radius 2 is 1.65 bits per heavy atom. The average Bonchev–Trinajstić information content (AvgIpc) is 2.44. The van der Waals surface area contributed by atoms with Crippen LogP contribution in [0.2, 0.25) is 0 Å². The standard InChI is InChI=1S/C15H30N2O3/c1-4-7-10-13(9-5-2)20-15(19)17-12-8-11-16-14(18)6-3/h13H,4-12H2,1-3H3,(H,16,18)(H,17,19). The van der Waals surface area contributed by atoms with Crippen LogP contribution in [0, 0.1) is 0 Å². The molecule has 0 aliphatic carbocycles. The van der Waals surface area contributed by atoms with E-state index < -0.39 is 0 Å². The number of unbranched alkanes of at least 4 members (excludes halogenated alkanes) is 1. The Morgan fingerprint density at radius 1 is 0.950 bits per heavy atom. The lowest BCUT2D eigenvalue weighted by Gasteiger charge is -2.17. The fourth-order valence-electron chi connectivity index (χ4n) is 1.84. The summed E-state index contributed by atoms with van der Waals surface area (Å²) in [5, 5.41) is 5.49. The van der Waals surface area contributed by atoms with E-state index >= 15 is 0 Å². The van der Waals surface area contributed by atoms with E-state index in [2.05, 4.69) is 24.5 Å². The fourth-order valence-corrected chi connectivity index (χ4v) is 1.84. The third-order valence-electron chi connectivity index (χ3n) is 3.03. The van der Waals surface area contributed by atoms with E-state index in [1.807, 2.05) is 6.92 Å².